The highest BCUT2D eigenvalue weighted by molar-refractivity contribution is 6.06. The van der Waals surface area contributed by atoms with Crippen LogP contribution in [0.15, 0.2) is 42.5 Å². The quantitative estimate of drug-likeness (QED) is 0.126. The summed E-state index contributed by atoms with van der Waals surface area (Å²) in [5.41, 5.74) is 2.45. The lowest BCUT2D eigenvalue weighted by Gasteiger charge is -2.20. The van der Waals surface area contributed by atoms with E-state index in [1.54, 1.807) is 19.1 Å². The van der Waals surface area contributed by atoms with Crippen LogP contribution in [0.4, 0.5) is 4.79 Å². The van der Waals surface area contributed by atoms with Gasteiger partial charge >= 0.3 is 6.03 Å². The van der Waals surface area contributed by atoms with Gasteiger partial charge in [-0.2, -0.15) is 0 Å². The van der Waals surface area contributed by atoms with Crippen molar-refractivity contribution in [3.05, 3.63) is 64.7 Å². The van der Waals surface area contributed by atoms with Crippen molar-refractivity contribution in [3.8, 4) is 5.75 Å². The molecule has 0 bridgehead atoms. The molecule has 214 valence electrons. The zero-order valence-corrected chi connectivity index (χ0v) is 22.9. The van der Waals surface area contributed by atoms with E-state index in [-0.39, 0.29) is 18.3 Å². The van der Waals surface area contributed by atoms with Gasteiger partial charge < -0.3 is 30.7 Å². The normalized spacial score (nSPS) is 17.7. The number of aromatic hydroxyl groups is 1. The Morgan fingerprint density at radius 2 is 1.72 bits per heavy atom. The van der Waals surface area contributed by atoms with Crippen LogP contribution in [0.2, 0.25) is 0 Å². The van der Waals surface area contributed by atoms with Crippen LogP contribution in [0, 0.1) is 0 Å². The number of aliphatic hydroxyl groups is 2. The van der Waals surface area contributed by atoms with E-state index in [9.17, 15) is 24.9 Å². The highest BCUT2D eigenvalue weighted by Gasteiger charge is 2.41. The fourth-order valence-corrected chi connectivity index (χ4v) is 4.75. The maximum Gasteiger partial charge on any atom is 0.322 e. The van der Waals surface area contributed by atoms with Gasteiger partial charge in [0.25, 0.3) is 5.91 Å². The van der Waals surface area contributed by atoms with E-state index in [4.69, 9.17) is 4.74 Å². The number of ether oxygens (including phenoxy) is 1. The van der Waals surface area contributed by atoms with E-state index in [1.165, 1.54) is 11.6 Å². The van der Waals surface area contributed by atoms with Crippen LogP contribution in [0.3, 0.4) is 0 Å². The van der Waals surface area contributed by atoms with Crippen LogP contribution in [0.25, 0.3) is 0 Å². The summed E-state index contributed by atoms with van der Waals surface area (Å²) >= 11 is 0. The van der Waals surface area contributed by atoms with Gasteiger partial charge in [-0.15, -0.1) is 0 Å². The van der Waals surface area contributed by atoms with E-state index >= 15 is 0 Å². The zero-order chi connectivity index (χ0) is 28.1. The van der Waals surface area contributed by atoms with E-state index in [1.807, 2.05) is 12.1 Å². The van der Waals surface area contributed by atoms with Gasteiger partial charge in [-0.25, -0.2) is 4.79 Å². The molecule has 0 aromatic heterocycles. The van der Waals surface area contributed by atoms with Crippen molar-refractivity contribution in [1.29, 1.82) is 0 Å². The van der Waals surface area contributed by atoms with Gasteiger partial charge in [0.05, 0.1) is 12.7 Å². The summed E-state index contributed by atoms with van der Waals surface area (Å²) in [7, 11) is 0. The van der Waals surface area contributed by atoms with Gasteiger partial charge in [0.2, 0.25) is 0 Å². The number of benzene rings is 2. The number of carbonyl (C=O) groups excluding carboxylic acids is 2. The first kappa shape index (κ1) is 30.6. The number of hydrogen-bond donors (Lipinski definition) is 6. The fourth-order valence-electron chi connectivity index (χ4n) is 4.75. The molecule has 9 nitrogen and oxygen atoms in total. The lowest BCUT2D eigenvalue weighted by Crippen LogP contribution is -2.45. The molecule has 2 aromatic rings. The number of phenols is 1. The fraction of sp³-hybridized carbons (Fsp3) is 0.533. The lowest BCUT2D eigenvalue weighted by atomic mass is 9.92. The Balaban J connectivity index is 1.17. The number of carbonyl (C=O) groups is 2. The first-order chi connectivity index (χ1) is 18.8. The molecule has 39 heavy (non-hydrogen) atoms. The van der Waals surface area contributed by atoms with Gasteiger partial charge in [0.1, 0.15) is 11.3 Å². The van der Waals surface area contributed by atoms with Gasteiger partial charge in [-0.3, -0.25) is 10.1 Å². The standard InChI is InChI=1S/C30H43N3O6/c1-30(28(37)32-29(38)33-30)19-23-11-8-10-22(17-23)9-4-7-16-39-15-6-3-2-5-14-31-20-27(36)24-12-13-26(35)25(18-24)21-34/h8,10-13,17-18,27,31,34-36H,2-7,9,14-16,19-21H2,1H3,(H2,32,33,37,38)/t27-,30+/m1/s1. The van der Waals surface area contributed by atoms with Crippen LogP contribution in [-0.2, 0) is 29.0 Å². The number of nitrogens with one attached hydrogen (secondary N) is 3. The molecule has 2 aromatic carbocycles. The molecule has 0 saturated carbocycles. The minimum absolute atomic E-state index is 0.0354. The third kappa shape index (κ3) is 9.93. The van der Waals surface area contributed by atoms with Crippen LogP contribution < -0.4 is 16.0 Å². The molecule has 1 heterocycles. The Morgan fingerprint density at radius 1 is 0.974 bits per heavy atom. The van der Waals surface area contributed by atoms with Crippen molar-refractivity contribution in [2.24, 2.45) is 0 Å². The monoisotopic (exact) mass is 541 g/mol. The Kier molecular flexibility index (Phi) is 12.2. The van der Waals surface area contributed by atoms with Crippen LogP contribution in [-0.4, -0.2) is 59.1 Å². The Bertz CT molecular complexity index is 1080. The van der Waals surface area contributed by atoms with E-state index in [2.05, 4.69) is 28.1 Å². The van der Waals surface area contributed by atoms with E-state index in [0.29, 0.717) is 24.1 Å². The second-order valence-corrected chi connectivity index (χ2v) is 10.5. The maximum absolute atomic E-state index is 12.1. The second-order valence-electron chi connectivity index (χ2n) is 10.5. The molecular formula is C30H43N3O6. The smallest absolute Gasteiger partial charge is 0.322 e. The summed E-state index contributed by atoms with van der Waals surface area (Å²) in [5, 5.41) is 37.4. The topological polar surface area (TPSA) is 140 Å². The minimum Gasteiger partial charge on any atom is -0.508 e. The summed E-state index contributed by atoms with van der Waals surface area (Å²) < 4.78 is 5.79. The van der Waals surface area contributed by atoms with Crippen molar-refractivity contribution in [2.75, 3.05) is 26.3 Å². The number of aliphatic hydroxyl groups excluding tert-OH is 2. The number of unbranched alkanes of at least 4 members (excludes halogenated alkanes) is 4. The summed E-state index contributed by atoms with van der Waals surface area (Å²) in [6.45, 7) is 4.25. The third-order valence-corrected chi connectivity index (χ3v) is 7.06. The summed E-state index contributed by atoms with van der Waals surface area (Å²) in [5.74, 6) is -0.250. The van der Waals surface area contributed by atoms with Crippen molar-refractivity contribution < 1.29 is 29.6 Å². The Hall–Kier alpha value is -2.98. The van der Waals surface area contributed by atoms with Crippen LogP contribution >= 0.6 is 0 Å². The average molecular weight is 542 g/mol. The number of aryl methyl sites for hydroxylation is 1. The molecule has 9 heteroatoms. The molecule has 0 unspecified atom stereocenters. The van der Waals surface area contributed by atoms with Crippen molar-refractivity contribution in [3.63, 3.8) is 0 Å². The molecule has 1 saturated heterocycles. The van der Waals surface area contributed by atoms with Gasteiger partial charge in [-0.1, -0.05) is 43.2 Å². The van der Waals surface area contributed by atoms with Crippen LogP contribution in [0.5, 0.6) is 5.75 Å². The molecule has 1 aliphatic rings. The Labute approximate surface area is 231 Å². The van der Waals surface area contributed by atoms with Gasteiger partial charge in [0, 0.05) is 31.7 Å². The Morgan fingerprint density at radius 3 is 2.46 bits per heavy atom. The molecule has 3 rings (SSSR count). The van der Waals surface area contributed by atoms with E-state index in [0.717, 1.165) is 70.3 Å². The first-order valence-electron chi connectivity index (χ1n) is 13.9. The van der Waals surface area contributed by atoms with Crippen molar-refractivity contribution in [1.82, 2.24) is 16.0 Å². The summed E-state index contributed by atoms with van der Waals surface area (Å²) in [6.07, 6.45) is 7.02. The van der Waals surface area contributed by atoms with E-state index < -0.39 is 17.7 Å². The molecular weight excluding hydrogens is 498 g/mol. The summed E-state index contributed by atoms with van der Waals surface area (Å²) in [6, 6.07) is 12.5. The highest BCUT2D eigenvalue weighted by atomic mass is 16.5. The first-order valence-corrected chi connectivity index (χ1v) is 13.9. The molecule has 0 radical (unpaired) electrons. The predicted molar refractivity (Wildman–Crippen MR) is 149 cm³/mol. The zero-order valence-electron chi connectivity index (χ0n) is 22.9. The molecule has 0 spiro atoms. The second kappa shape index (κ2) is 15.6. The summed E-state index contributed by atoms with van der Waals surface area (Å²) in [4.78, 5) is 23.5. The van der Waals surface area contributed by atoms with Gasteiger partial charge in [0.15, 0.2) is 0 Å². The lowest BCUT2D eigenvalue weighted by molar-refractivity contribution is -0.123. The average Bonchev–Trinajstić information content (AvgIpc) is 3.17. The number of urea groups is 1. The SMILES string of the molecule is C[C@@]1(Cc2cccc(CCCCOCCCCCCNC[C@@H](O)c3ccc(O)c(CO)c3)c2)NC(=O)NC1=O. The molecule has 1 aliphatic heterocycles. The highest BCUT2D eigenvalue weighted by Crippen LogP contribution is 2.22. The molecule has 0 aliphatic carbocycles. The molecule has 3 amide bonds. The van der Waals surface area contributed by atoms with Crippen molar-refractivity contribution in [2.45, 2.75) is 76.5 Å². The molecule has 2 atom stereocenters. The number of rotatable bonds is 18. The van der Waals surface area contributed by atoms with Gasteiger partial charge in [-0.05, 0) is 74.4 Å². The predicted octanol–water partition coefficient (Wildman–Crippen LogP) is 3.25. The largest absolute Gasteiger partial charge is 0.508 e. The number of hydrogen-bond acceptors (Lipinski definition) is 7. The maximum atomic E-state index is 12.1. The van der Waals surface area contributed by atoms with Crippen molar-refractivity contribution >= 4 is 11.9 Å². The molecule has 1 fully saturated rings. The number of imide groups is 1. The van der Waals surface area contributed by atoms with Crippen LogP contribution in [0.1, 0.15) is 73.8 Å². The minimum atomic E-state index is -0.900. The number of amides is 3. The third-order valence-electron chi connectivity index (χ3n) is 7.06. The molecule has 6 N–H and O–H groups in total.